The third kappa shape index (κ3) is 4.99. The molecule has 2 aromatic carbocycles. The summed E-state index contributed by atoms with van der Waals surface area (Å²) in [4.78, 5) is 16.8. The molecule has 0 spiro atoms. The molecule has 5 nitrogen and oxygen atoms in total. The lowest BCUT2D eigenvalue weighted by Gasteiger charge is -2.11. The summed E-state index contributed by atoms with van der Waals surface area (Å²) < 4.78 is 24.2. The van der Waals surface area contributed by atoms with Crippen molar-refractivity contribution in [1.29, 1.82) is 0 Å². The lowest BCUT2D eigenvalue weighted by Crippen LogP contribution is -2.14. The van der Waals surface area contributed by atoms with Gasteiger partial charge in [-0.3, -0.25) is 4.79 Å². The van der Waals surface area contributed by atoms with Gasteiger partial charge >= 0.3 is 0 Å². The fraction of sp³-hybridized carbons (Fsp3) is 0.158. The van der Waals surface area contributed by atoms with Crippen molar-refractivity contribution in [2.75, 3.05) is 25.3 Å². The van der Waals surface area contributed by atoms with Crippen molar-refractivity contribution < 1.29 is 18.7 Å². The third-order valence-corrected chi connectivity index (χ3v) is 5.65. The molecule has 3 aromatic rings. The summed E-state index contributed by atoms with van der Waals surface area (Å²) in [7, 11) is 3.10. The Kier molecular flexibility index (Phi) is 6.31. The van der Waals surface area contributed by atoms with E-state index in [4.69, 9.17) is 9.47 Å². The molecule has 1 heterocycles. The number of ether oxygens (including phenoxy) is 2. The Balaban J connectivity index is 1.61. The number of benzene rings is 2. The van der Waals surface area contributed by atoms with Crippen LogP contribution in [0.5, 0.6) is 11.5 Å². The van der Waals surface area contributed by atoms with Crippen molar-refractivity contribution in [3.05, 3.63) is 53.7 Å². The molecule has 0 aliphatic heterocycles. The molecule has 0 radical (unpaired) electrons. The van der Waals surface area contributed by atoms with Crippen molar-refractivity contribution in [2.24, 2.45) is 0 Å². The van der Waals surface area contributed by atoms with Gasteiger partial charge in [0, 0.05) is 17.0 Å². The summed E-state index contributed by atoms with van der Waals surface area (Å²) >= 11 is 2.78. The van der Waals surface area contributed by atoms with Gasteiger partial charge in [0.1, 0.15) is 17.3 Å². The van der Waals surface area contributed by atoms with Gasteiger partial charge in [-0.05, 0) is 36.4 Å². The van der Waals surface area contributed by atoms with E-state index in [1.807, 2.05) is 5.38 Å². The lowest BCUT2D eigenvalue weighted by atomic mass is 10.2. The second-order valence-electron chi connectivity index (χ2n) is 5.41. The van der Waals surface area contributed by atoms with E-state index >= 15 is 0 Å². The second kappa shape index (κ2) is 8.88. The average molecular weight is 404 g/mol. The minimum Gasteiger partial charge on any atom is -0.497 e. The van der Waals surface area contributed by atoms with Gasteiger partial charge in [-0.25, -0.2) is 9.37 Å². The van der Waals surface area contributed by atoms with Crippen LogP contribution in [0.4, 0.5) is 10.1 Å². The number of hydrogen-bond acceptors (Lipinski definition) is 6. The number of nitrogens with one attached hydrogen (secondary N) is 1. The topological polar surface area (TPSA) is 60.5 Å². The molecule has 0 fully saturated rings. The van der Waals surface area contributed by atoms with Gasteiger partial charge in [-0.15, -0.1) is 11.3 Å². The zero-order valence-electron chi connectivity index (χ0n) is 14.7. The Hall–Kier alpha value is -2.58. The summed E-state index contributed by atoms with van der Waals surface area (Å²) in [5.74, 6) is 0.930. The van der Waals surface area contributed by atoms with Gasteiger partial charge in [0.15, 0.2) is 4.34 Å². The molecular formula is C19H17FN2O3S2. The SMILES string of the molecule is COc1ccc(OC)c(NC(=O)CSc2nc(-c3ccc(F)cc3)cs2)c1. The van der Waals surface area contributed by atoms with Crippen molar-refractivity contribution in [1.82, 2.24) is 4.98 Å². The van der Waals surface area contributed by atoms with Crippen LogP contribution in [0.2, 0.25) is 0 Å². The van der Waals surface area contributed by atoms with Crippen LogP contribution >= 0.6 is 23.1 Å². The van der Waals surface area contributed by atoms with E-state index in [-0.39, 0.29) is 17.5 Å². The summed E-state index contributed by atoms with van der Waals surface area (Å²) in [5, 5.41) is 4.71. The first-order valence-electron chi connectivity index (χ1n) is 7.95. The van der Waals surface area contributed by atoms with Crippen LogP contribution in [0.25, 0.3) is 11.3 Å². The van der Waals surface area contributed by atoms with E-state index in [1.165, 1.54) is 35.2 Å². The summed E-state index contributed by atoms with van der Waals surface area (Å²) in [6.07, 6.45) is 0. The quantitative estimate of drug-likeness (QED) is 0.579. The molecule has 0 saturated carbocycles. The molecular weight excluding hydrogens is 387 g/mol. The maximum absolute atomic E-state index is 13.0. The van der Waals surface area contributed by atoms with Crippen LogP contribution in [0, 0.1) is 5.82 Å². The molecule has 0 unspecified atom stereocenters. The number of methoxy groups -OCH3 is 2. The average Bonchev–Trinajstić information content (AvgIpc) is 3.16. The largest absolute Gasteiger partial charge is 0.497 e. The summed E-state index contributed by atoms with van der Waals surface area (Å²) in [6.45, 7) is 0. The van der Waals surface area contributed by atoms with E-state index in [1.54, 1.807) is 44.6 Å². The van der Waals surface area contributed by atoms with Crippen LogP contribution in [-0.4, -0.2) is 30.9 Å². The van der Waals surface area contributed by atoms with Gasteiger partial charge in [-0.2, -0.15) is 0 Å². The Morgan fingerprint density at radius 3 is 2.67 bits per heavy atom. The monoisotopic (exact) mass is 404 g/mol. The van der Waals surface area contributed by atoms with Gasteiger partial charge < -0.3 is 14.8 Å². The molecule has 140 valence electrons. The Labute approximate surface area is 164 Å². The van der Waals surface area contributed by atoms with Gasteiger partial charge in [0.2, 0.25) is 5.91 Å². The highest BCUT2D eigenvalue weighted by atomic mass is 32.2. The Morgan fingerprint density at radius 1 is 1.19 bits per heavy atom. The van der Waals surface area contributed by atoms with Crippen molar-refractivity contribution in [2.45, 2.75) is 4.34 Å². The standard InChI is InChI=1S/C19H17FN2O3S2/c1-24-14-7-8-17(25-2)15(9-14)21-18(23)11-27-19-22-16(10-26-19)12-3-5-13(20)6-4-12/h3-10H,11H2,1-2H3,(H,21,23). The van der Waals surface area contributed by atoms with Crippen LogP contribution in [0.15, 0.2) is 52.2 Å². The van der Waals surface area contributed by atoms with Crippen LogP contribution in [-0.2, 0) is 4.79 Å². The second-order valence-corrected chi connectivity index (χ2v) is 7.49. The molecule has 0 aliphatic carbocycles. The number of rotatable bonds is 7. The first-order valence-corrected chi connectivity index (χ1v) is 9.81. The number of amides is 1. The van der Waals surface area contributed by atoms with E-state index in [9.17, 15) is 9.18 Å². The predicted molar refractivity (Wildman–Crippen MR) is 106 cm³/mol. The predicted octanol–water partition coefficient (Wildman–Crippen LogP) is 4.70. The minimum atomic E-state index is -0.284. The minimum absolute atomic E-state index is 0.176. The normalized spacial score (nSPS) is 10.5. The van der Waals surface area contributed by atoms with Crippen molar-refractivity contribution >= 4 is 34.7 Å². The zero-order chi connectivity index (χ0) is 19.2. The van der Waals surface area contributed by atoms with Crippen molar-refractivity contribution in [3.63, 3.8) is 0 Å². The number of halogens is 1. The molecule has 3 rings (SSSR count). The fourth-order valence-corrected chi connectivity index (χ4v) is 3.94. The highest BCUT2D eigenvalue weighted by molar-refractivity contribution is 8.01. The molecule has 8 heteroatoms. The molecule has 1 N–H and O–H groups in total. The zero-order valence-corrected chi connectivity index (χ0v) is 16.3. The number of hydrogen-bond donors (Lipinski definition) is 1. The maximum Gasteiger partial charge on any atom is 0.234 e. The Bertz CT molecular complexity index is 929. The highest BCUT2D eigenvalue weighted by Gasteiger charge is 2.11. The van der Waals surface area contributed by atoms with E-state index in [0.29, 0.717) is 17.2 Å². The number of thiazole rings is 1. The summed E-state index contributed by atoms with van der Waals surface area (Å²) in [5.41, 5.74) is 2.15. The molecule has 0 aliphatic rings. The highest BCUT2D eigenvalue weighted by Crippen LogP contribution is 2.31. The van der Waals surface area contributed by atoms with E-state index in [2.05, 4.69) is 10.3 Å². The van der Waals surface area contributed by atoms with Gasteiger partial charge in [-0.1, -0.05) is 11.8 Å². The number of aromatic nitrogens is 1. The van der Waals surface area contributed by atoms with Crippen LogP contribution in [0.1, 0.15) is 0 Å². The third-order valence-electron chi connectivity index (χ3n) is 3.63. The van der Waals surface area contributed by atoms with Gasteiger partial charge in [0.25, 0.3) is 0 Å². The van der Waals surface area contributed by atoms with Crippen molar-refractivity contribution in [3.8, 4) is 22.8 Å². The molecule has 1 amide bonds. The summed E-state index contributed by atoms with van der Waals surface area (Å²) in [6, 6.07) is 11.4. The number of carbonyl (C=O) groups excluding carboxylic acids is 1. The lowest BCUT2D eigenvalue weighted by molar-refractivity contribution is -0.113. The Morgan fingerprint density at radius 2 is 1.96 bits per heavy atom. The van der Waals surface area contributed by atoms with E-state index in [0.717, 1.165) is 15.6 Å². The first kappa shape index (κ1) is 19.2. The number of carbonyl (C=O) groups is 1. The number of anilines is 1. The molecule has 1 aromatic heterocycles. The molecule has 0 atom stereocenters. The van der Waals surface area contributed by atoms with Crippen LogP contribution < -0.4 is 14.8 Å². The molecule has 0 saturated heterocycles. The van der Waals surface area contributed by atoms with Crippen LogP contribution in [0.3, 0.4) is 0 Å². The van der Waals surface area contributed by atoms with E-state index < -0.39 is 0 Å². The number of thioether (sulfide) groups is 1. The smallest absolute Gasteiger partial charge is 0.234 e. The maximum atomic E-state index is 13.0. The number of nitrogens with zero attached hydrogens (tertiary/aromatic N) is 1. The van der Waals surface area contributed by atoms with Gasteiger partial charge in [0.05, 0.1) is 31.4 Å². The molecule has 0 bridgehead atoms. The molecule has 27 heavy (non-hydrogen) atoms. The first-order chi connectivity index (χ1) is 13.1. The fourth-order valence-electron chi connectivity index (χ4n) is 2.30.